The highest BCUT2D eigenvalue weighted by Gasteiger charge is 2.40. The number of carbonyl (C=O) groups excluding carboxylic acids is 3. The first-order valence-corrected chi connectivity index (χ1v) is 19.5. The minimum Gasteiger partial charge on any atom is -0.488 e. The van der Waals surface area contributed by atoms with Gasteiger partial charge in [-0.1, -0.05) is 12.1 Å². The van der Waals surface area contributed by atoms with Gasteiger partial charge in [-0.3, -0.25) is 24.4 Å². The third kappa shape index (κ3) is 7.47. The summed E-state index contributed by atoms with van der Waals surface area (Å²) in [7, 11) is 0. The van der Waals surface area contributed by atoms with Crippen LogP contribution in [0.4, 0.5) is 5.95 Å². The van der Waals surface area contributed by atoms with Gasteiger partial charge in [0, 0.05) is 70.9 Å². The lowest BCUT2D eigenvalue weighted by Crippen LogP contribution is -2.52. The Bertz CT molecular complexity index is 1940. The maximum atomic E-state index is 13.0. The van der Waals surface area contributed by atoms with Crippen LogP contribution in [0.2, 0.25) is 0 Å². The first kappa shape index (κ1) is 34.5. The van der Waals surface area contributed by atoms with Crippen molar-refractivity contribution in [1.29, 1.82) is 0 Å². The summed E-state index contributed by atoms with van der Waals surface area (Å²) < 4.78 is 8.27. The van der Waals surface area contributed by atoms with Crippen LogP contribution in [0.25, 0.3) is 11.3 Å². The summed E-state index contributed by atoms with van der Waals surface area (Å²) in [5.41, 5.74) is 6.10. The van der Waals surface area contributed by atoms with Crippen molar-refractivity contribution in [3.63, 3.8) is 0 Å². The molecule has 0 bridgehead atoms. The predicted octanol–water partition coefficient (Wildman–Crippen LogP) is 5.79. The van der Waals surface area contributed by atoms with Gasteiger partial charge >= 0.3 is 0 Å². The zero-order valence-corrected chi connectivity index (χ0v) is 30.6. The number of anilines is 1. The zero-order chi connectivity index (χ0) is 35.8. The van der Waals surface area contributed by atoms with Crippen LogP contribution in [-0.2, 0) is 35.7 Å². The summed E-state index contributed by atoms with van der Waals surface area (Å²) in [4.78, 5) is 49.0. The number of nitrogens with zero attached hydrogens (tertiary/aromatic N) is 5. The van der Waals surface area contributed by atoms with Gasteiger partial charge in [0.25, 0.3) is 5.91 Å². The largest absolute Gasteiger partial charge is 0.488 e. The number of carbonyl (C=O) groups is 3. The second-order valence-electron chi connectivity index (χ2n) is 14.9. The number of nitrogens with one attached hydrogen (secondary N) is 3. The third-order valence-corrected chi connectivity index (χ3v) is 11.8. The van der Waals surface area contributed by atoms with Gasteiger partial charge in [-0.05, 0) is 94.9 Å². The van der Waals surface area contributed by atoms with Crippen molar-refractivity contribution in [2.75, 3.05) is 5.32 Å². The van der Waals surface area contributed by atoms with E-state index in [1.165, 1.54) is 35.4 Å². The molecule has 1 atom stereocenters. The number of amides is 3. The monoisotopic (exact) mass is 722 g/mol. The molecule has 2 aliphatic heterocycles. The third-order valence-electron chi connectivity index (χ3n) is 10.8. The number of aromatic nitrogens is 4. The molecule has 2 saturated carbocycles. The average Bonchev–Trinajstić information content (AvgIpc) is 3.57. The summed E-state index contributed by atoms with van der Waals surface area (Å²) in [5, 5.41) is 16.3. The molecule has 3 aromatic heterocycles. The van der Waals surface area contributed by atoms with Crippen molar-refractivity contribution in [2.24, 2.45) is 5.92 Å². The molecule has 4 aliphatic rings. The molecule has 5 heterocycles. The molecule has 8 rings (SSSR count). The SMILES string of the molecule is CC(C)n1ncc(-c2ccnc(NC3CCC(NCc4ccc(OCc5scc6c5CN(C5CCC(=O)NC5=O)C6=O)cc4)CC3)n2)c1CC1CC1. The molecular weight excluding hydrogens is 677 g/mol. The molecule has 0 radical (unpaired) electrons. The Morgan fingerprint density at radius 2 is 1.77 bits per heavy atom. The fourth-order valence-corrected chi connectivity index (χ4v) is 8.63. The topological polar surface area (TPSA) is 143 Å². The molecule has 3 fully saturated rings. The average molecular weight is 723 g/mol. The maximum Gasteiger partial charge on any atom is 0.256 e. The summed E-state index contributed by atoms with van der Waals surface area (Å²) in [5.74, 6) is 1.39. The van der Waals surface area contributed by atoms with Gasteiger partial charge < -0.3 is 20.3 Å². The van der Waals surface area contributed by atoms with E-state index in [1.807, 2.05) is 36.0 Å². The first-order chi connectivity index (χ1) is 25.3. The molecule has 0 spiro atoms. The van der Waals surface area contributed by atoms with E-state index in [2.05, 4.69) is 51.6 Å². The number of benzene rings is 1. The Morgan fingerprint density at radius 1 is 0.981 bits per heavy atom. The molecule has 1 saturated heterocycles. The predicted molar refractivity (Wildman–Crippen MR) is 198 cm³/mol. The summed E-state index contributed by atoms with van der Waals surface area (Å²) in [6.45, 7) is 5.87. The lowest BCUT2D eigenvalue weighted by atomic mass is 9.91. The summed E-state index contributed by atoms with van der Waals surface area (Å²) in [6.07, 6.45) is 12.4. The van der Waals surface area contributed by atoms with E-state index in [0.717, 1.165) is 72.0 Å². The van der Waals surface area contributed by atoms with Gasteiger partial charge in [-0.15, -0.1) is 11.3 Å². The second kappa shape index (κ2) is 14.8. The number of imide groups is 1. The molecule has 1 aromatic carbocycles. The molecule has 272 valence electrons. The Labute approximate surface area is 307 Å². The van der Waals surface area contributed by atoms with E-state index >= 15 is 0 Å². The van der Waals surface area contributed by atoms with Crippen LogP contribution in [0.15, 0.2) is 48.1 Å². The van der Waals surface area contributed by atoms with E-state index < -0.39 is 11.9 Å². The Balaban J connectivity index is 0.788. The fourth-order valence-electron chi connectivity index (χ4n) is 7.69. The second-order valence-corrected chi connectivity index (χ2v) is 15.9. The normalized spacial score (nSPS) is 21.8. The molecule has 12 nitrogen and oxygen atoms in total. The lowest BCUT2D eigenvalue weighted by molar-refractivity contribution is -0.136. The molecule has 2 aliphatic carbocycles. The van der Waals surface area contributed by atoms with E-state index in [-0.39, 0.29) is 18.2 Å². The first-order valence-electron chi connectivity index (χ1n) is 18.6. The quantitative estimate of drug-likeness (QED) is 0.146. The molecular formula is C39H46N8O4S. The van der Waals surface area contributed by atoms with Crippen molar-refractivity contribution >= 4 is 35.0 Å². The highest BCUT2D eigenvalue weighted by Crippen LogP contribution is 2.37. The molecule has 52 heavy (non-hydrogen) atoms. The Hall–Kier alpha value is -4.62. The van der Waals surface area contributed by atoms with Gasteiger partial charge in [0.1, 0.15) is 18.4 Å². The van der Waals surface area contributed by atoms with Crippen molar-refractivity contribution in [3.8, 4) is 17.0 Å². The molecule has 3 N–H and O–H groups in total. The lowest BCUT2D eigenvalue weighted by Gasteiger charge is -2.30. The van der Waals surface area contributed by atoms with Gasteiger partial charge in [0.05, 0.1) is 17.5 Å². The molecule has 3 amide bonds. The van der Waals surface area contributed by atoms with Crippen molar-refractivity contribution in [1.82, 2.24) is 35.3 Å². The smallest absolute Gasteiger partial charge is 0.256 e. The number of thiophene rings is 1. The standard InChI is InChI=1S/C39H46N8O4S/c1-23(2)47-34(17-24-3-4-24)29(19-42-47)32-15-16-40-39(44-32)43-27-9-7-26(8-10-27)41-18-25-5-11-28(12-6-25)51-21-35-30-20-46(38(50)31(30)22-52-35)33-13-14-36(48)45-37(33)49/h5-6,11-12,15-16,19,22-24,26-27,33,41H,3-4,7-10,13-14,17-18,20-21H2,1-2H3,(H,40,43,44)(H,45,48,49). The van der Waals surface area contributed by atoms with Crippen molar-refractivity contribution < 1.29 is 19.1 Å². The number of rotatable bonds is 13. The fraction of sp³-hybridized carbons (Fsp3) is 0.487. The summed E-state index contributed by atoms with van der Waals surface area (Å²) >= 11 is 1.51. The highest BCUT2D eigenvalue weighted by molar-refractivity contribution is 7.10. The highest BCUT2D eigenvalue weighted by atomic mass is 32.1. The number of hydrogen-bond acceptors (Lipinski definition) is 10. The van der Waals surface area contributed by atoms with Gasteiger partial charge in [0.2, 0.25) is 17.8 Å². The molecule has 13 heteroatoms. The van der Waals surface area contributed by atoms with Crippen LogP contribution >= 0.6 is 11.3 Å². The van der Waals surface area contributed by atoms with Gasteiger partial charge in [-0.2, -0.15) is 5.10 Å². The molecule has 1 unspecified atom stereocenters. The van der Waals surface area contributed by atoms with Crippen LogP contribution in [0.3, 0.4) is 0 Å². The van der Waals surface area contributed by atoms with Crippen LogP contribution in [0.1, 0.15) is 103 Å². The van der Waals surface area contributed by atoms with Crippen LogP contribution in [0.5, 0.6) is 5.75 Å². The van der Waals surface area contributed by atoms with Gasteiger partial charge in [0.15, 0.2) is 0 Å². The minimum absolute atomic E-state index is 0.156. The van der Waals surface area contributed by atoms with Crippen molar-refractivity contribution in [2.45, 2.75) is 115 Å². The van der Waals surface area contributed by atoms with Crippen LogP contribution < -0.4 is 20.7 Å². The zero-order valence-electron chi connectivity index (χ0n) is 29.8. The number of ether oxygens (including phenoxy) is 1. The maximum absolute atomic E-state index is 13.0. The molecule has 4 aromatic rings. The number of piperidine rings is 1. The van der Waals surface area contributed by atoms with E-state index in [9.17, 15) is 14.4 Å². The van der Waals surface area contributed by atoms with E-state index in [1.54, 1.807) is 4.90 Å². The van der Waals surface area contributed by atoms with Crippen molar-refractivity contribution in [3.05, 3.63) is 75.4 Å². The number of hydrogen-bond donors (Lipinski definition) is 3. The van der Waals surface area contributed by atoms with Crippen LogP contribution in [0, 0.1) is 5.92 Å². The number of fused-ring (bicyclic) bond motifs is 1. The summed E-state index contributed by atoms with van der Waals surface area (Å²) in [6, 6.07) is 10.7. The Morgan fingerprint density at radius 3 is 2.52 bits per heavy atom. The van der Waals surface area contributed by atoms with Crippen LogP contribution in [-0.4, -0.2) is 60.5 Å². The van der Waals surface area contributed by atoms with E-state index in [4.69, 9.17) is 14.8 Å². The van der Waals surface area contributed by atoms with Gasteiger partial charge in [-0.25, -0.2) is 9.97 Å². The minimum atomic E-state index is -0.612. The van der Waals surface area contributed by atoms with E-state index in [0.29, 0.717) is 49.2 Å². The Kier molecular flexibility index (Phi) is 9.80.